The Morgan fingerprint density at radius 1 is 0.822 bits per heavy atom. The molecule has 0 aliphatic heterocycles. The molecule has 0 aliphatic carbocycles. The van der Waals surface area contributed by atoms with Gasteiger partial charge < -0.3 is 30.9 Å². The molecule has 1 aromatic heterocycles. The van der Waals surface area contributed by atoms with Crippen LogP contribution in [0.3, 0.4) is 0 Å². The van der Waals surface area contributed by atoms with Crippen LogP contribution in [0.5, 0.6) is 5.75 Å². The Morgan fingerprint density at radius 2 is 1.47 bits per heavy atom. The molecule has 0 spiro atoms. The molecule has 4 aromatic carbocycles. The van der Waals surface area contributed by atoms with Gasteiger partial charge in [0.05, 0.1) is 23.9 Å². The smallest absolute Gasteiger partial charge is 0.323 e. The number of hydrogen-bond donors (Lipinski definition) is 4. The number of aryl methyl sites for hydroxylation is 1. The normalized spacial score (nSPS) is 10.9. The number of rotatable bonds is 11. The molecule has 0 radical (unpaired) electrons. The van der Waals surface area contributed by atoms with Crippen LogP contribution in [0.2, 0.25) is 0 Å². The van der Waals surface area contributed by atoms with E-state index >= 15 is 0 Å². The lowest BCUT2D eigenvalue weighted by Crippen LogP contribution is -2.27. The number of amides is 3. The van der Waals surface area contributed by atoms with Crippen LogP contribution in [0.1, 0.15) is 15.9 Å². The number of ether oxygens (including phenoxy) is 1. The third kappa shape index (κ3) is 7.16. The Bertz CT molecular complexity index is 1840. The van der Waals surface area contributed by atoms with E-state index in [-0.39, 0.29) is 11.9 Å². The van der Waals surface area contributed by atoms with Crippen LogP contribution in [0.4, 0.5) is 33.2 Å². The lowest BCUT2D eigenvalue weighted by atomic mass is 10.0. The molecule has 232 valence electrons. The number of halogens is 2. The maximum atomic E-state index is 13.0. The van der Waals surface area contributed by atoms with Crippen LogP contribution in [-0.2, 0) is 0 Å². The number of anilines is 5. The maximum absolute atomic E-state index is 13.0. The zero-order valence-electron chi connectivity index (χ0n) is 25.2. The van der Waals surface area contributed by atoms with Crippen molar-refractivity contribution in [2.45, 2.75) is 6.92 Å². The highest BCUT2D eigenvalue weighted by Gasteiger charge is 2.18. The second kappa shape index (κ2) is 14.4. The number of nitrogens with zero attached hydrogens (tertiary/aromatic N) is 2. The molecule has 0 fully saturated rings. The molecule has 4 N–H and O–H groups in total. The van der Waals surface area contributed by atoms with E-state index < -0.39 is 0 Å². The van der Waals surface area contributed by atoms with Gasteiger partial charge in [0.1, 0.15) is 11.3 Å². The minimum Gasteiger partial charge on any atom is -0.494 e. The van der Waals surface area contributed by atoms with Crippen molar-refractivity contribution in [1.29, 1.82) is 0 Å². The van der Waals surface area contributed by atoms with Gasteiger partial charge in [-0.05, 0) is 67.1 Å². The van der Waals surface area contributed by atoms with E-state index in [0.29, 0.717) is 58.6 Å². The number of nitrogens with one attached hydrogen (secondary N) is 4. The summed E-state index contributed by atoms with van der Waals surface area (Å²) in [5, 5.41) is 13.7. The SMILES string of the molecule is CNC(=O)c1cccc2c(Nc3cc(C)cc(NC(=O)Nc4ccc(N(CCCl)CCCl)cc4)c3)c3cccc(OC)c3nc12. The summed E-state index contributed by atoms with van der Waals surface area (Å²) in [6, 6.07) is 24.1. The second-order valence-electron chi connectivity index (χ2n) is 10.3. The van der Waals surface area contributed by atoms with Gasteiger partial charge in [-0.2, -0.15) is 0 Å². The quantitative estimate of drug-likeness (QED) is 0.0865. The molecule has 0 bridgehead atoms. The molecule has 1 heterocycles. The number of carbonyl (C=O) groups is 2. The Balaban J connectivity index is 1.43. The standard InChI is InChI=1S/C34H34Cl2N6O3/c1-21-18-23(20-24(19-21)40-34(44)39-22-10-12-25(13-11-22)42(16-14-35)17-15-36)38-30-26-6-4-8-28(33(43)37-2)31(26)41-32-27(30)7-5-9-29(32)45-3/h4-13,18-20H,14-17H2,1-3H3,(H,37,43)(H,38,41)(H2,39,40,44). The van der Waals surface area contributed by atoms with Crippen molar-refractivity contribution in [2.75, 3.05) is 59.9 Å². The second-order valence-corrected chi connectivity index (χ2v) is 11.1. The maximum Gasteiger partial charge on any atom is 0.323 e. The van der Waals surface area contributed by atoms with Gasteiger partial charge in [0.2, 0.25) is 0 Å². The van der Waals surface area contributed by atoms with E-state index in [0.717, 1.165) is 33.4 Å². The van der Waals surface area contributed by atoms with E-state index in [1.165, 1.54) is 0 Å². The Hall–Kier alpha value is -4.73. The van der Waals surface area contributed by atoms with Crippen molar-refractivity contribution < 1.29 is 14.3 Å². The number of alkyl halides is 2. The summed E-state index contributed by atoms with van der Waals surface area (Å²) in [6.07, 6.45) is 0. The van der Waals surface area contributed by atoms with Crippen molar-refractivity contribution in [1.82, 2.24) is 10.3 Å². The highest BCUT2D eigenvalue weighted by molar-refractivity contribution is 6.19. The van der Waals surface area contributed by atoms with Crippen LogP contribution >= 0.6 is 23.2 Å². The topological polar surface area (TPSA) is 108 Å². The number of carbonyl (C=O) groups excluding carboxylic acids is 2. The van der Waals surface area contributed by atoms with Gasteiger partial charge >= 0.3 is 6.03 Å². The molecule has 9 nitrogen and oxygen atoms in total. The van der Waals surface area contributed by atoms with Gasteiger partial charge in [-0.1, -0.05) is 24.3 Å². The minimum atomic E-state index is -0.377. The van der Waals surface area contributed by atoms with E-state index in [2.05, 4.69) is 26.2 Å². The Kier molecular flexibility index (Phi) is 10.1. The van der Waals surface area contributed by atoms with Gasteiger partial charge in [0, 0.05) is 65.4 Å². The van der Waals surface area contributed by atoms with Crippen LogP contribution in [0, 0.1) is 6.92 Å². The van der Waals surface area contributed by atoms with Gasteiger partial charge in [-0.25, -0.2) is 9.78 Å². The minimum absolute atomic E-state index is 0.237. The van der Waals surface area contributed by atoms with Crippen molar-refractivity contribution in [3.63, 3.8) is 0 Å². The molecule has 0 atom stereocenters. The van der Waals surface area contributed by atoms with Crippen LogP contribution in [-0.4, -0.2) is 55.9 Å². The van der Waals surface area contributed by atoms with Gasteiger partial charge in [-0.15, -0.1) is 23.2 Å². The first kappa shape index (κ1) is 31.7. The molecule has 0 saturated heterocycles. The van der Waals surface area contributed by atoms with Crippen LogP contribution in [0.25, 0.3) is 21.8 Å². The fraction of sp³-hybridized carbons (Fsp3) is 0.206. The summed E-state index contributed by atoms with van der Waals surface area (Å²) in [7, 11) is 3.18. The average molecular weight is 646 g/mol. The summed E-state index contributed by atoms with van der Waals surface area (Å²) < 4.78 is 5.62. The van der Waals surface area contributed by atoms with E-state index in [4.69, 9.17) is 32.9 Å². The molecular formula is C34H34Cl2N6O3. The Morgan fingerprint density at radius 3 is 2.13 bits per heavy atom. The number of aromatic nitrogens is 1. The summed E-state index contributed by atoms with van der Waals surface area (Å²) >= 11 is 11.9. The third-order valence-electron chi connectivity index (χ3n) is 7.29. The number of para-hydroxylation sites is 2. The number of urea groups is 1. The van der Waals surface area contributed by atoms with Crippen LogP contribution < -0.4 is 30.9 Å². The zero-order valence-corrected chi connectivity index (χ0v) is 26.7. The molecular weight excluding hydrogens is 611 g/mol. The molecule has 3 amide bonds. The molecule has 0 aliphatic rings. The van der Waals surface area contributed by atoms with E-state index in [1.54, 1.807) is 20.2 Å². The first-order valence-electron chi connectivity index (χ1n) is 14.4. The van der Waals surface area contributed by atoms with E-state index in [1.807, 2.05) is 79.7 Å². The predicted octanol–water partition coefficient (Wildman–Crippen LogP) is 7.74. The lowest BCUT2D eigenvalue weighted by Gasteiger charge is -2.23. The van der Waals surface area contributed by atoms with Crippen molar-refractivity contribution in [3.05, 3.63) is 90.0 Å². The van der Waals surface area contributed by atoms with E-state index in [9.17, 15) is 9.59 Å². The monoisotopic (exact) mass is 644 g/mol. The number of hydrogen-bond acceptors (Lipinski definition) is 6. The number of fused-ring (bicyclic) bond motifs is 2. The molecule has 5 rings (SSSR count). The number of pyridine rings is 1. The molecule has 0 unspecified atom stereocenters. The fourth-order valence-electron chi connectivity index (χ4n) is 5.27. The summed E-state index contributed by atoms with van der Waals surface area (Å²) in [5.74, 6) is 1.34. The van der Waals surface area contributed by atoms with Gasteiger partial charge in [0.15, 0.2) is 0 Å². The number of methoxy groups -OCH3 is 1. The molecule has 45 heavy (non-hydrogen) atoms. The summed E-state index contributed by atoms with van der Waals surface area (Å²) in [6.45, 7) is 3.31. The first-order valence-corrected chi connectivity index (χ1v) is 15.5. The average Bonchev–Trinajstić information content (AvgIpc) is 3.03. The highest BCUT2D eigenvalue weighted by Crippen LogP contribution is 2.38. The zero-order chi connectivity index (χ0) is 31.9. The lowest BCUT2D eigenvalue weighted by molar-refractivity contribution is 0.0964. The van der Waals surface area contributed by atoms with Gasteiger partial charge in [0.25, 0.3) is 5.91 Å². The summed E-state index contributed by atoms with van der Waals surface area (Å²) in [5.41, 5.74) is 6.29. The third-order valence-corrected chi connectivity index (χ3v) is 7.63. The molecule has 11 heteroatoms. The highest BCUT2D eigenvalue weighted by atomic mass is 35.5. The fourth-order valence-corrected chi connectivity index (χ4v) is 5.68. The van der Waals surface area contributed by atoms with Gasteiger partial charge in [-0.3, -0.25) is 4.79 Å². The predicted molar refractivity (Wildman–Crippen MR) is 186 cm³/mol. The Labute approximate surface area is 271 Å². The van der Waals surface area contributed by atoms with Crippen molar-refractivity contribution in [3.8, 4) is 5.75 Å². The van der Waals surface area contributed by atoms with Crippen molar-refractivity contribution in [2.24, 2.45) is 0 Å². The van der Waals surface area contributed by atoms with Crippen LogP contribution in [0.15, 0.2) is 78.9 Å². The van der Waals surface area contributed by atoms with Crippen molar-refractivity contribution >= 4 is 85.4 Å². The first-order chi connectivity index (χ1) is 21.8. The molecule has 5 aromatic rings. The number of benzene rings is 4. The molecule has 0 saturated carbocycles. The largest absolute Gasteiger partial charge is 0.494 e. The summed E-state index contributed by atoms with van der Waals surface area (Å²) in [4.78, 5) is 32.7.